The molecular formula is C20H31N3O4S. The van der Waals surface area contributed by atoms with Crippen LogP contribution in [0.25, 0.3) is 0 Å². The molecule has 3 atom stereocenters. The van der Waals surface area contributed by atoms with E-state index in [9.17, 15) is 18.0 Å². The van der Waals surface area contributed by atoms with Crippen LogP contribution in [0.3, 0.4) is 0 Å². The zero-order valence-corrected chi connectivity index (χ0v) is 18.0. The lowest BCUT2D eigenvalue weighted by Crippen LogP contribution is -2.46. The van der Waals surface area contributed by atoms with Crippen LogP contribution in [0.2, 0.25) is 0 Å². The van der Waals surface area contributed by atoms with Gasteiger partial charge < -0.3 is 10.6 Å². The molecule has 2 N–H and O–H groups in total. The summed E-state index contributed by atoms with van der Waals surface area (Å²) >= 11 is 0. The molecule has 8 heteroatoms. The van der Waals surface area contributed by atoms with E-state index in [1.807, 2.05) is 13.8 Å². The summed E-state index contributed by atoms with van der Waals surface area (Å²) in [5.74, 6) is -0.0240. The maximum absolute atomic E-state index is 12.9. The molecule has 2 amide bonds. The summed E-state index contributed by atoms with van der Waals surface area (Å²) in [5.41, 5.74) is 0.486. The molecule has 0 saturated carbocycles. The van der Waals surface area contributed by atoms with Gasteiger partial charge in [-0.15, -0.1) is 0 Å². The smallest absolute Gasteiger partial charge is 0.247 e. The topological polar surface area (TPSA) is 95.6 Å². The molecule has 1 fully saturated rings. The molecule has 0 aromatic heterocycles. The van der Waals surface area contributed by atoms with Gasteiger partial charge in [0.05, 0.1) is 4.90 Å². The number of carbonyl (C=O) groups excluding carboxylic acids is 2. The Kier molecular flexibility index (Phi) is 7.22. The Bertz CT molecular complexity index is 795. The first-order valence-electron chi connectivity index (χ1n) is 9.69. The fourth-order valence-corrected chi connectivity index (χ4v) is 5.31. The Hall–Kier alpha value is -1.93. The van der Waals surface area contributed by atoms with E-state index >= 15 is 0 Å². The summed E-state index contributed by atoms with van der Waals surface area (Å²) in [4.78, 5) is 24.0. The third-order valence-corrected chi connectivity index (χ3v) is 6.75. The minimum absolute atomic E-state index is 0.0772. The van der Waals surface area contributed by atoms with Crippen LogP contribution in [0.15, 0.2) is 29.2 Å². The van der Waals surface area contributed by atoms with Crippen molar-refractivity contribution in [3.63, 3.8) is 0 Å². The van der Waals surface area contributed by atoms with Crippen LogP contribution in [0, 0.1) is 17.8 Å². The van der Waals surface area contributed by atoms with E-state index in [4.69, 9.17) is 0 Å². The Morgan fingerprint density at radius 3 is 2.07 bits per heavy atom. The van der Waals surface area contributed by atoms with Crippen molar-refractivity contribution in [2.45, 2.75) is 52.0 Å². The number of carbonyl (C=O) groups is 2. The SMILES string of the molecule is CC(=O)N[C@@H](C(=O)Nc1ccc(S(=O)(=O)N2C[C@H](C)C[C@H](C)C2)cc1)C(C)C. The molecule has 2 rings (SSSR count). The van der Waals surface area contributed by atoms with E-state index in [2.05, 4.69) is 24.5 Å². The van der Waals surface area contributed by atoms with E-state index in [1.54, 1.807) is 16.4 Å². The van der Waals surface area contributed by atoms with Crippen LogP contribution in [-0.2, 0) is 19.6 Å². The Morgan fingerprint density at radius 2 is 1.61 bits per heavy atom. The largest absolute Gasteiger partial charge is 0.344 e. The standard InChI is InChI=1S/C20H31N3O4S/c1-13(2)19(21-16(5)24)20(25)22-17-6-8-18(9-7-17)28(26,27)23-11-14(3)10-15(4)12-23/h6-9,13-15,19H,10-12H2,1-5H3,(H,21,24)(H,22,25)/t14-,15+,19-/m1/s1. The monoisotopic (exact) mass is 409 g/mol. The molecule has 7 nitrogen and oxygen atoms in total. The van der Waals surface area contributed by atoms with Gasteiger partial charge in [-0.25, -0.2) is 8.42 Å². The molecule has 0 radical (unpaired) electrons. The molecule has 1 aliphatic heterocycles. The first-order valence-corrected chi connectivity index (χ1v) is 11.1. The number of amides is 2. The molecule has 28 heavy (non-hydrogen) atoms. The van der Waals surface area contributed by atoms with Crippen LogP contribution >= 0.6 is 0 Å². The first kappa shape index (κ1) is 22.4. The van der Waals surface area contributed by atoms with Gasteiger partial charge in [0.15, 0.2) is 0 Å². The maximum atomic E-state index is 12.9. The van der Waals surface area contributed by atoms with Crippen molar-refractivity contribution in [3.05, 3.63) is 24.3 Å². The van der Waals surface area contributed by atoms with Crippen LogP contribution < -0.4 is 10.6 Å². The number of rotatable bonds is 6. The van der Waals surface area contributed by atoms with E-state index in [0.29, 0.717) is 30.6 Å². The first-order chi connectivity index (χ1) is 13.0. The fraction of sp³-hybridized carbons (Fsp3) is 0.600. The summed E-state index contributed by atoms with van der Waals surface area (Å²) < 4.78 is 27.4. The van der Waals surface area contributed by atoms with Gasteiger partial charge in [-0.2, -0.15) is 4.31 Å². The summed E-state index contributed by atoms with van der Waals surface area (Å²) in [7, 11) is -3.56. The van der Waals surface area contributed by atoms with Gasteiger partial charge in [0.1, 0.15) is 6.04 Å². The van der Waals surface area contributed by atoms with Gasteiger partial charge in [0.2, 0.25) is 21.8 Å². The van der Waals surface area contributed by atoms with Gasteiger partial charge in [-0.05, 0) is 48.4 Å². The molecule has 0 aliphatic carbocycles. The van der Waals surface area contributed by atoms with Crippen LogP contribution in [-0.4, -0.2) is 43.7 Å². The van der Waals surface area contributed by atoms with Crippen molar-refractivity contribution < 1.29 is 18.0 Å². The van der Waals surface area contributed by atoms with Crippen LogP contribution in [0.1, 0.15) is 41.0 Å². The number of hydrogen-bond donors (Lipinski definition) is 2. The second kappa shape index (κ2) is 9.05. The van der Waals surface area contributed by atoms with E-state index < -0.39 is 16.1 Å². The summed E-state index contributed by atoms with van der Waals surface area (Å²) in [6.07, 6.45) is 1.03. The lowest BCUT2D eigenvalue weighted by atomic mass is 9.94. The van der Waals surface area contributed by atoms with E-state index in [-0.39, 0.29) is 22.6 Å². The molecule has 1 aromatic rings. The minimum Gasteiger partial charge on any atom is -0.344 e. The molecule has 0 unspecified atom stereocenters. The van der Waals surface area contributed by atoms with Gasteiger partial charge in [0, 0.05) is 25.7 Å². The number of anilines is 1. The average Bonchev–Trinajstić information content (AvgIpc) is 2.58. The lowest BCUT2D eigenvalue weighted by molar-refractivity contribution is -0.126. The fourth-order valence-electron chi connectivity index (χ4n) is 3.64. The highest BCUT2D eigenvalue weighted by Crippen LogP contribution is 2.27. The number of piperidine rings is 1. The molecule has 1 aromatic carbocycles. The van der Waals surface area contributed by atoms with Crippen molar-refractivity contribution in [1.82, 2.24) is 9.62 Å². The summed E-state index contributed by atoms with van der Waals surface area (Å²) in [6, 6.07) is 5.52. The molecule has 1 aliphatic rings. The third-order valence-electron chi connectivity index (χ3n) is 4.90. The van der Waals surface area contributed by atoms with Crippen LogP contribution in [0.5, 0.6) is 0 Å². The minimum atomic E-state index is -3.56. The average molecular weight is 410 g/mol. The number of nitrogens with one attached hydrogen (secondary N) is 2. The van der Waals surface area contributed by atoms with Gasteiger partial charge in [0.25, 0.3) is 0 Å². The Balaban J connectivity index is 2.12. The number of hydrogen-bond acceptors (Lipinski definition) is 4. The second-order valence-electron chi connectivity index (χ2n) is 8.20. The maximum Gasteiger partial charge on any atom is 0.247 e. The van der Waals surface area contributed by atoms with Gasteiger partial charge >= 0.3 is 0 Å². The summed E-state index contributed by atoms with van der Waals surface area (Å²) in [6.45, 7) is 10.2. The van der Waals surface area contributed by atoms with Gasteiger partial charge in [-0.1, -0.05) is 27.7 Å². The molecule has 156 valence electrons. The Morgan fingerprint density at radius 1 is 1.07 bits per heavy atom. The molecular weight excluding hydrogens is 378 g/mol. The third kappa shape index (κ3) is 5.54. The number of nitrogens with zero attached hydrogens (tertiary/aromatic N) is 1. The van der Waals surface area contributed by atoms with E-state index in [0.717, 1.165) is 6.42 Å². The van der Waals surface area contributed by atoms with Crippen molar-refractivity contribution in [2.75, 3.05) is 18.4 Å². The Labute approximate surface area is 167 Å². The van der Waals surface area contributed by atoms with Crippen molar-refractivity contribution in [3.8, 4) is 0 Å². The van der Waals surface area contributed by atoms with Gasteiger partial charge in [-0.3, -0.25) is 9.59 Å². The zero-order chi connectivity index (χ0) is 21.1. The normalized spacial score (nSPS) is 21.9. The number of sulfonamides is 1. The second-order valence-corrected chi connectivity index (χ2v) is 10.1. The number of benzene rings is 1. The highest BCUT2D eigenvalue weighted by Gasteiger charge is 2.31. The zero-order valence-electron chi connectivity index (χ0n) is 17.2. The van der Waals surface area contributed by atoms with Crippen molar-refractivity contribution in [2.24, 2.45) is 17.8 Å². The van der Waals surface area contributed by atoms with Crippen molar-refractivity contribution in [1.29, 1.82) is 0 Å². The quantitative estimate of drug-likeness (QED) is 0.754. The predicted molar refractivity (Wildman–Crippen MR) is 109 cm³/mol. The molecule has 1 saturated heterocycles. The molecule has 0 spiro atoms. The molecule has 1 heterocycles. The van der Waals surface area contributed by atoms with Crippen LogP contribution in [0.4, 0.5) is 5.69 Å². The van der Waals surface area contributed by atoms with Crippen molar-refractivity contribution >= 4 is 27.5 Å². The highest BCUT2D eigenvalue weighted by atomic mass is 32.2. The molecule has 0 bridgehead atoms. The summed E-state index contributed by atoms with van der Waals surface area (Å²) in [5, 5.41) is 5.37. The lowest BCUT2D eigenvalue weighted by Gasteiger charge is -2.34. The van der Waals surface area contributed by atoms with E-state index in [1.165, 1.54) is 19.1 Å². The highest BCUT2D eigenvalue weighted by molar-refractivity contribution is 7.89. The predicted octanol–water partition coefficient (Wildman–Crippen LogP) is 2.45.